The lowest BCUT2D eigenvalue weighted by atomic mass is 10.0. The number of nitrogens with two attached hydrogens (primary N) is 1. The van der Waals surface area contributed by atoms with Gasteiger partial charge in [-0.3, -0.25) is 5.41 Å². The van der Waals surface area contributed by atoms with Crippen LogP contribution in [0.2, 0.25) is 0 Å². The van der Waals surface area contributed by atoms with Crippen molar-refractivity contribution in [2.75, 3.05) is 0 Å². The van der Waals surface area contributed by atoms with Crippen LogP contribution >= 0.6 is 0 Å². The van der Waals surface area contributed by atoms with Crippen LogP contribution in [0.25, 0.3) is 33.3 Å². The Morgan fingerprint density at radius 2 is 1.78 bits per heavy atom. The molecule has 0 spiro atoms. The number of nitrogen functional groups attached to an aromatic ring is 1. The van der Waals surface area contributed by atoms with E-state index in [9.17, 15) is 4.39 Å². The molecule has 1 aromatic heterocycles. The third-order valence-electron chi connectivity index (χ3n) is 3.75. The van der Waals surface area contributed by atoms with Crippen LogP contribution in [-0.4, -0.2) is 10.8 Å². The van der Waals surface area contributed by atoms with Crippen LogP contribution in [-0.2, 0) is 0 Å². The maximum Gasteiger partial charge on any atom is 0.227 e. The Kier molecular flexibility index (Phi) is 2.87. The van der Waals surface area contributed by atoms with E-state index in [2.05, 4.69) is 4.98 Å². The number of fused-ring (bicyclic) bond motifs is 2. The summed E-state index contributed by atoms with van der Waals surface area (Å²) in [5.74, 6) is 0.135. The molecule has 4 nitrogen and oxygen atoms in total. The van der Waals surface area contributed by atoms with Gasteiger partial charge in [0.2, 0.25) is 5.89 Å². The highest BCUT2D eigenvalue weighted by molar-refractivity contribution is 5.99. The topological polar surface area (TPSA) is 75.9 Å². The maximum absolute atomic E-state index is 13.2. The first kappa shape index (κ1) is 13.5. The molecule has 0 aliphatic carbocycles. The summed E-state index contributed by atoms with van der Waals surface area (Å²) in [5.41, 5.74) is 8.04. The van der Waals surface area contributed by atoms with E-state index >= 15 is 0 Å². The summed E-state index contributed by atoms with van der Waals surface area (Å²) in [5, 5.41) is 9.45. The van der Waals surface area contributed by atoms with E-state index in [1.54, 1.807) is 12.1 Å². The molecule has 4 aromatic rings. The van der Waals surface area contributed by atoms with Crippen molar-refractivity contribution in [3.8, 4) is 11.5 Å². The van der Waals surface area contributed by atoms with Crippen LogP contribution in [0.3, 0.4) is 0 Å². The summed E-state index contributed by atoms with van der Waals surface area (Å²) in [7, 11) is 0. The van der Waals surface area contributed by atoms with Gasteiger partial charge in [0.25, 0.3) is 0 Å². The number of rotatable bonds is 2. The van der Waals surface area contributed by atoms with E-state index in [4.69, 9.17) is 15.6 Å². The van der Waals surface area contributed by atoms with Crippen LogP contribution in [0.1, 0.15) is 5.56 Å². The van der Waals surface area contributed by atoms with Gasteiger partial charge in [-0.2, -0.15) is 0 Å². The molecule has 0 aliphatic heterocycles. The van der Waals surface area contributed by atoms with Gasteiger partial charge in [0.1, 0.15) is 17.2 Å². The number of benzene rings is 3. The molecule has 0 bridgehead atoms. The summed E-state index contributed by atoms with van der Waals surface area (Å²) in [6.45, 7) is 0. The first-order valence-corrected chi connectivity index (χ1v) is 7.05. The lowest BCUT2D eigenvalue weighted by Gasteiger charge is -2.03. The molecule has 23 heavy (non-hydrogen) atoms. The zero-order valence-corrected chi connectivity index (χ0v) is 12.0. The van der Waals surface area contributed by atoms with E-state index in [-0.39, 0.29) is 11.7 Å². The van der Waals surface area contributed by atoms with Gasteiger partial charge in [0, 0.05) is 17.2 Å². The molecule has 112 valence electrons. The van der Waals surface area contributed by atoms with Crippen molar-refractivity contribution in [3.63, 3.8) is 0 Å². The highest BCUT2D eigenvalue weighted by Crippen LogP contribution is 2.28. The average Bonchev–Trinajstić information content (AvgIpc) is 2.96. The van der Waals surface area contributed by atoms with Crippen LogP contribution < -0.4 is 5.73 Å². The van der Waals surface area contributed by atoms with E-state index in [1.807, 2.05) is 30.3 Å². The van der Waals surface area contributed by atoms with Gasteiger partial charge in [-0.25, -0.2) is 9.37 Å². The first-order valence-electron chi connectivity index (χ1n) is 7.05. The van der Waals surface area contributed by atoms with Crippen molar-refractivity contribution >= 4 is 27.7 Å². The summed E-state index contributed by atoms with van der Waals surface area (Å²) >= 11 is 0. The van der Waals surface area contributed by atoms with Gasteiger partial charge >= 0.3 is 0 Å². The number of halogens is 1. The quantitative estimate of drug-likeness (QED) is 0.433. The van der Waals surface area contributed by atoms with Gasteiger partial charge in [0.05, 0.1) is 0 Å². The van der Waals surface area contributed by atoms with Crippen LogP contribution in [0.4, 0.5) is 4.39 Å². The number of amidine groups is 1. The summed E-state index contributed by atoms with van der Waals surface area (Å²) in [6, 6.07) is 15.6. The number of hydrogen-bond donors (Lipinski definition) is 2. The molecule has 5 heteroatoms. The number of aromatic nitrogens is 1. The molecule has 4 rings (SSSR count). The molecule has 0 unspecified atom stereocenters. The SMILES string of the molecule is N=C(N)c1ccc2cc(-c3nc4ccc(F)cc4o3)ccc2c1. The molecule has 0 radical (unpaired) electrons. The molecule has 0 aliphatic rings. The summed E-state index contributed by atoms with van der Waals surface area (Å²) < 4.78 is 18.9. The zero-order valence-electron chi connectivity index (χ0n) is 12.0. The highest BCUT2D eigenvalue weighted by atomic mass is 19.1. The van der Waals surface area contributed by atoms with Crippen molar-refractivity contribution in [3.05, 3.63) is 66.0 Å². The molecule has 0 amide bonds. The third-order valence-corrected chi connectivity index (χ3v) is 3.75. The van der Waals surface area contributed by atoms with Crippen molar-refractivity contribution in [1.82, 2.24) is 4.98 Å². The molecule has 3 N–H and O–H groups in total. The van der Waals surface area contributed by atoms with Crippen molar-refractivity contribution in [1.29, 1.82) is 5.41 Å². The molecular weight excluding hydrogens is 293 g/mol. The normalized spacial score (nSPS) is 11.2. The fourth-order valence-corrected chi connectivity index (χ4v) is 2.57. The highest BCUT2D eigenvalue weighted by Gasteiger charge is 2.10. The Morgan fingerprint density at radius 1 is 1.00 bits per heavy atom. The minimum Gasteiger partial charge on any atom is -0.436 e. The maximum atomic E-state index is 13.2. The summed E-state index contributed by atoms with van der Waals surface area (Å²) in [4.78, 5) is 4.39. The Morgan fingerprint density at radius 3 is 2.61 bits per heavy atom. The van der Waals surface area contributed by atoms with E-state index in [0.29, 0.717) is 22.6 Å². The minimum atomic E-state index is -0.351. The molecule has 0 saturated heterocycles. The van der Waals surface area contributed by atoms with Crippen LogP contribution in [0.5, 0.6) is 0 Å². The fraction of sp³-hybridized carbons (Fsp3) is 0. The van der Waals surface area contributed by atoms with Crippen LogP contribution in [0.15, 0.2) is 59.0 Å². The Balaban J connectivity index is 1.84. The average molecular weight is 305 g/mol. The third kappa shape index (κ3) is 2.32. The monoisotopic (exact) mass is 305 g/mol. The van der Waals surface area contributed by atoms with Gasteiger partial charge in [-0.15, -0.1) is 0 Å². The van der Waals surface area contributed by atoms with Crippen molar-refractivity contribution < 1.29 is 8.81 Å². The number of nitrogens with zero attached hydrogens (tertiary/aromatic N) is 1. The standard InChI is InChI=1S/C18H12FN3O/c19-14-5-6-15-16(9-14)23-18(22-15)13-4-2-10-7-12(17(20)21)3-1-11(10)8-13/h1-9H,(H3,20,21). The molecular formula is C18H12FN3O. The second kappa shape index (κ2) is 4.91. The predicted octanol–water partition coefficient (Wildman–Crippen LogP) is 4.07. The number of nitrogens with one attached hydrogen (secondary N) is 1. The minimum absolute atomic E-state index is 0.0388. The molecule has 0 fully saturated rings. The predicted molar refractivity (Wildman–Crippen MR) is 87.9 cm³/mol. The first-order chi connectivity index (χ1) is 11.1. The van der Waals surface area contributed by atoms with Gasteiger partial charge < -0.3 is 10.2 Å². The second-order valence-corrected chi connectivity index (χ2v) is 5.32. The van der Waals surface area contributed by atoms with Crippen LogP contribution in [0, 0.1) is 11.2 Å². The molecule has 1 heterocycles. The Labute approximate surface area is 130 Å². The smallest absolute Gasteiger partial charge is 0.227 e. The van der Waals surface area contributed by atoms with E-state index < -0.39 is 0 Å². The molecule has 0 atom stereocenters. The second-order valence-electron chi connectivity index (χ2n) is 5.32. The number of oxazole rings is 1. The zero-order chi connectivity index (χ0) is 16.0. The molecule has 0 saturated carbocycles. The van der Waals surface area contributed by atoms with Crippen molar-refractivity contribution in [2.24, 2.45) is 5.73 Å². The van der Waals surface area contributed by atoms with Gasteiger partial charge in [-0.1, -0.05) is 18.2 Å². The lowest BCUT2D eigenvalue weighted by Crippen LogP contribution is -2.10. The van der Waals surface area contributed by atoms with E-state index in [1.165, 1.54) is 12.1 Å². The Hall–Kier alpha value is -3.21. The van der Waals surface area contributed by atoms with E-state index in [0.717, 1.165) is 16.3 Å². The Bertz CT molecular complexity index is 1070. The molecule has 3 aromatic carbocycles. The van der Waals surface area contributed by atoms with Gasteiger partial charge in [0.15, 0.2) is 5.58 Å². The van der Waals surface area contributed by atoms with Gasteiger partial charge in [-0.05, 0) is 41.1 Å². The summed E-state index contributed by atoms with van der Waals surface area (Å²) in [6.07, 6.45) is 0. The lowest BCUT2D eigenvalue weighted by molar-refractivity contribution is 0.602. The fourth-order valence-electron chi connectivity index (χ4n) is 2.57. The van der Waals surface area contributed by atoms with Crippen molar-refractivity contribution in [2.45, 2.75) is 0 Å². The largest absolute Gasteiger partial charge is 0.436 e. The number of hydrogen-bond acceptors (Lipinski definition) is 3.